The van der Waals surface area contributed by atoms with Gasteiger partial charge in [0.05, 0.1) is 17.7 Å². The van der Waals surface area contributed by atoms with Gasteiger partial charge in [-0.2, -0.15) is 0 Å². The topological polar surface area (TPSA) is 21.7 Å². The van der Waals surface area contributed by atoms with Crippen LogP contribution in [-0.4, -0.2) is 23.8 Å². The molecule has 3 heteroatoms. The van der Waals surface area contributed by atoms with Crippen LogP contribution < -0.4 is 0 Å². The Hall–Kier alpha value is -2.10. The number of hydroxylamine groups is 2. The lowest BCUT2D eigenvalue weighted by atomic mass is 9.75. The number of rotatable bonds is 8. The molecule has 3 nitrogen and oxygen atoms in total. The third-order valence-corrected chi connectivity index (χ3v) is 6.87. The predicted octanol–water partition coefficient (Wildman–Crippen LogP) is 7.46. The predicted molar refractivity (Wildman–Crippen MR) is 134 cm³/mol. The molecule has 0 radical (unpaired) electrons. The van der Waals surface area contributed by atoms with Gasteiger partial charge in [-0.3, -0.25) is 0 Å². The molecule has 1 aromatic rings. The number of nitrogens with zero attached hydrogens (tertiary/aromatic N) is 1. The van der Waals surface area contributed by atoms with E-state index in [2.05, 4.69) is 82.2 Å². The fourth-order valence-electron chi connectivity index (χ4n) is 5.25. The molecule has 1 heterocycles. The van der Waals surface area contributed by atoms with E-state index in [4.69, 9.17) is 9.57 Å². The zero-order valence-corrected chi connectivity index (χ0v) is 21.3. The first kappa shape index (κ1) is 24.5. The van der Waals surface area contributed by atoms with Gasteiger partial charge >= 0.3 is 0 Å². The number of aryl methyl sites for hydroxylation is 2. The molecule has 32 heavy (non-hydrogen) atoms. The fraction of sp³-hybridized carbons (Fsp3) is 0.517. The van der Waals surface area contributed by atoms with E-state index in [-0.39, 0.29) is 17.7 Å². The molecule has 0 bridgehead atoms. The van der Waals surface area contributed by atoms with Gasteiger partial charge in [-0.05, 0) is 82.2 Å². The molecule has 1 aliphatic carbocycles. The Morgan fingerprint density at radius 1 is 1.25 bits per heavy atom. The van der Waals surface area contributed by atoms with Crippen LogP contribution >= 0.6 is 0 Å². The highest BCUT2D eigenvalue weighted by atomic mass is 16.7. The Balaban J connectivity index is 2.12. The first-order valence-electron chi connectivity index (χ1n) is 12.1. The van der Waals surface area contributed by atoms with Crippen molar-refractivity contribution in [3.05, 3.63) is 81.7 Å². The van der Waals surface area contributed by atoms with Crippen LogP contribution in [0.5, 0.6) is 0 Å². The van der Waals surface area contributed by atoms with Crippen molar-refractivity contribution in [2.45, 2.75) is 91.8 Å². The zero-order valence-electron chi connectivity index (χ0n) is 21.3. The van der Waals surface area contributed by atoms with Crippen molar-refractivity contribution in [1.82, 2.24) is 5.06 Å². The molecule has 0 amide bonds. The van der Waals surface area contributed by atoms with Gasteiger partial charge in [0.25, 0.3) is 0 Å². The lowest BCUT2D eigenvalue weighted by molar-refractivity contribution is -0.199. The van der Waals surface area contributed by atoms with Crippen LogP contribution in [0.2, 0.25) is 0 Å². The van der Waals surface area contributed by atoms with Crippen LogP contribution in [0.3, 0.4) is 0 Å². The minimum absolute atomic E-state index is 0.00548. The quantitative estimate of drug-likeness (QED) is 0.395. The summed E-state index contributed by atoms with van der Waals surface area (Å²) in [4.78, 5) is 6.70. The van der Waals surface area contributed by atoms with E-state index in [1.165, 1.54) is 33.4 Å². The molecule has 1 aromatic carbocycles. The molecule has 3 unspecified atom stereocenters. The summed E-state index contributed by atoms with van der Waals surface area (Å²) >= 11 is 0. The van der Waals surface area contributed by atoms with Crippen molar-refractivity contribution < 1.29 is 9.57 Å². The second-order valence-electron chi connectivity index (χ2n) is 9.59. The Morgan fingerprint density at radius 3 is 2.66 bits per heavy atom. The highest BCUT2D eigenvalue weighted by Gasteiger charge is 2.45. The molecule has 2 aliphatic rings. The van der Waals surface area contributed by atoms with E-state index < -0.39 is 0 Å². The number of fused-ring (bicyclic) bond motifs is 1. The van der Waals surface area contributed by atoms with Crippen LogP contribution in [0.1, 0.15) is 82.2 Å². The summed E-state index contributed by atoms with van der Waals surface area (Å²) in [6.45, 7) is 15.3. The molecule has 174 valence electrons. The van der Waals surface area contributed by atoms with Gasteiger partial charge in [0.15, 0.2) is 0 Å². The van der Waals surface area contributed by atoms with E-state index in [0.717, 1.165) is 31.4 Å². The summed E-state index contributed by atoms with van der Waals surface area (Å²) in [5.41, 5.74) is 7.99. The Bertz CT molecular complexity index is 952. The van der Waals surface area contributed by atoms with Crippen LogP contribution in [-0.2, 0) is 16.0 Å². The normalized spacial score (nSPS) is 24.6. The number of ether oxygens (including phenoxy) is 1. The minimum Gasteiger partial charge on any atom is -0.409 e. The highest BCUT2D eigenvalue weighted by Crippen LogP contribution is 2.47. The van der Waals surface area contributed by atoms with E-state index in [1.807, 2.05) is 13.8 Å². The SMILES string of the molecule is CCCC1=CC=C2C=CC(c3cc(C)cc(C)c3CC)N(O/C(C)=C\C(C)OC)C2(C)C1. The minimum atomic E-state index is -0.229. The van der Waals surface area contributed by atoms with Gasteiger partial charge in [-0.15, -0.1) is 5.06 Å². The average Bonchev–Trinajstić information content (AvgIpc) is 2.73. The van der Waals surface area contributed by atoms with Crippen molar-refractivity contribution in [2.75, 3.05) is 7.11 Å². The molecule has 3 rings (SSSR count). The summed E-state index contributed by atoms with van der Waals surface area (Å²) in [7, 11) is 1.73. The Morgan fingerprint density at radius 2 is 2.00 bits per heavy atom. The van der Waals surface area contributed by atoms with Crippen molar-refractivity contribution in [3.8, 4) is 0 Å². The molecule has 0 spiro atoms. The van der Waals surface area contributed by atoms with Gasteiger partial charge in [-0.1, -0.05) is 67.8 Å². The van der Waals surface area contributed by atoms with Crippen molar-refractivity contribution in [2.24, 2.45) is 0 Å². The molecular formula is C29H41NO2. The van der Waals surface area contributed by atoms with Gasteiger partial charge in [0.1, 0.15) is 5.76 Å². The smallest absolute Gasteiger partial charge is 0.120 e. The molecule has 0 saturated heterocycles. The maximum Gasteiger partial charge on any atom is 0.120 e. The molecule has 0 saturated carbocycles. The number of hydrogen-bond donors (Lipinski definition) is 0. The van der Waals surface area contributed by atoms with Crippen LogP contribution in [0, 0.1) is 13.8 Å². The van der Waals surface area contributed by atoms with Crippen molar-refractivity contribution in [1.29, 1.82) is 0 Å². The van der Waals surface area contributed by atoms with Crippen LogP contribution in [0.4, 0.5) is 0 Å². The van der Waals surface area contributed by atoms with E-state index in [1.54, 1.807) is 7.11 Å². The highest BCUT2D eigenvalue weighted by molar-refractivity contribution is 5.48. The number of allylic oxidation sites excluding steroid dienone is 3. The standard InChI is InChI=1S/C29H41NO2/c1-9-11-24-12-13-25-14-15-28(27-17-20(3)16-21(4)26(27)10-2)30(29(25,7)19-24)32-23(6)18-22(5)31-8/h12-18,22,28H,9-11,19H2,1-8H3/b23-18-. The third-order valence-electron chi connectivity index (χ3n) is 6.87. The first-order valence-corrected chi connectivity index (χ1v) is 12.1. The largest absolute Gasteiger partial charge is 0.409 e. The summed E-state index contributed by atoms with van der Waals surface area (Å²) < 4.78 is 5.46. The third kappa shape index (κ3) is 4.94. The van der Waals surface area contributed by atoms with Crippen molar-refractivity contribution in [3.63, 3.8) is 0 Å². The number of methoxy groups -OCH3 is 1. The molecule has 3 atom stereocenters. The van der Waals surface area contributed by atoms with Gasteiger partial charge in [-0.25, -0.2) is 0 Å². The molecular weight excluding hydrogens is 394 g/mol. The Kier molecular flexibility index (Phi) is 7.84. The van der Waals surface area contributed by atoms with Crippen molar-refractivity contribution >= 4 is 0 Å². The van der Waals surface area contributed by atoms with Crippen LogP contribution in [0.15, 0.2) is 59.4 Å². The second-order valence-corrected chi connectivity index (χ2v) is 9.59. The maximum atomic E-state index is 6.70. The average molecular weight is 436 g/mol. The maximum absolute atomic E-state index is 6.70. The summed E-state index contributed by atoms with van der Waals surface area (Å²) in [6, 6.07) is 4.69. The zero-order chi connectivity index (χ0) is 23.5. The Labute approximate surface area is 195 Å². The summed E-state index contributed by atoms with van der Waals surface area (Å²) in [5.74, 6) is 0.870. The molecule has 0 aromatic heterocycles. The number of hydrogen-bond acceptors (Lipinski definition) is 3. The lowest BCUT2D eigenvalue weighted by Gasteiger charge is -2.49. The van der Waals surface area contributed by atoms with Gasteiger partial charge in [0.2, 0.25) is 0 Å². The number of benzene rings is 1. The summed E-state index contributed by atoms with van der Waals surface area (Å²) in [6.07, 6.45) is 15.6. The fourth-order valence-corrected chi connectivity index (χ4v) is 5.25. The van der Waals surface area contributed by atoms with Gasteiger partial charge < -0.3 is 9.57 Å². The van der Waals surface area contributed by atoms with E-state index >= 15 is 0 Å². The molecule has 1 aliphatic heterocycles. The van der Waals surface area contributed by atoms with E-state index in [0.29, 0.717) is 0 Å². The van der Waals surface area contributed by atoms with Gasteiger partial charge in [0, 0.05) is 7.11 Å². The lowest BCUT2D eigenvalue weighted by Crippen LogP contribution is -2.51. The molecule has 0 fully saturated rings. The summed E-state index contributed by atoms with van der Waals surface area (Å²) in [5, 5.41) is 2.25. The van der Waals surface area contributed by atoms with E-state index in [9.17, 15) is 0 Å². The molecule has 0 N–H and O–H groups in total. The second kappa shape index (κ2) is 10.2. The monoisotopic (exact) mass is 435 g/mol. The first-order chi connectivity index (χ1) is 15.2. The van der Waals surface area contributed by atoms with Crippen LogP contribution in [0.25, 0.3) is 0 Å².